The molecule has 1 heterocycles. The quantitative estimate of drug-likeness (QED) is 0.826. The molecule has 1 aromatic rings. The number of hydrogen-bond acceptors (Lipinski definition) is 3. The van der Waals surface area contributed by atoms with E-state index < -0.39 is 0 Å². The predicted molar refractivity (Wildman–Crippen MR) is 80.1 cm³/mol. The van der Waals surface area contributed by atoms with E-state index in [1.54, 1.807) is 6.92 Å². The maximum atomic E-state index is 10.8. The van der Waals surface area contributed by atoms with Crippen LogP contribution >= 0.6 is 11.8 Å². The molecule has 1 aliphatic rings. The summed E-state index contributed by atoms with van der Waals surface area (Å²) in [5, 5.41) is 0.172. The predicted octanol–water partition coefficient (Wildman–Crippen LogP) is 3.58. The zero-order valence-corrected chi connectivity index (χ0v) is 11.6. The van der Waals surface area contributed by atoms with E-state index in [1.807, 2.05) is 0 Å². The van der Waals surface area contributed by atoms with Crippen molar-refractivity contribution in [2.75, 3.05) is 23.7 Å². The van der Waals surface area contributed by atoms with Gasteiger partial charge in [0, 0.05) is 31.5 Å². The summed E-state index contributed by atoms with van der Waals surface area (Å²) in [6, 6.07) is 8.60. The number of thioether (sulfide) groups is 1. The van der Waals surface area contributed by atoms with Crippen LogP contribution in [0, 0.1) is 0 Å². The maximum Gasteiger partial charge on any atom is 0.186 e. The van der Waals surface area contributed by atoms with Crippen molar-refractivity contribution in [1.82, 2.24) is 0 Å². The van der Waals surface area contributed by atoms with Crippen molar-refractivity contribution in [2.24, 2.45) is 0 Å². The highest BCUT2D eigenvalue weighted by atomic mass is 32.2. The second-order valence-electron chi connectivity index (χ2n) is 4.49. The molecular weight excluding hydrogens is 242 g/mol. The van der Waals surface area contributed by atoms with Crippen molar-refractivity contribution in [3.8, 4) is 0 Å². The van der Waals surface area contributed by atoms with E-state index in [2.05, 4.69) is 41.3 Å². The maximum absolute atomic E-state index is 10.8. The third-order valence-corrected chi connectivity index (χ3v) is 3.80. The minimum Gasteiger partial charge on any atom is -0.372 e. The van der Waals surface area contributed by atoms with E-state index in [9.17, 15) is 4.79 Å². The van der Waals surface area contributed by atoms with E-state index in [0.717, 1.165) is 5.75 Å². The molecule has 0 aromatic heterocycles. The van der Waals surface area contributed by atoms with Gasteiger partial charge in [-0.15, -0.1) is 0 Å². The van der Waals surface area contributed by atoms with Crippen LogP contribution in [0.2, 0.25) is 0 Å². The number of anilines is 1. The van der Waals surface area contributed by atoms with Crippen LogP contribution in [0.25, 0.3) is 6.08 Å². The van der Waals surface area contributed by atoms with Crippen LogP contribution in [0.1, 0.15) is 25.3 Å². The molecular formula is C15H19NOS. The van der Waals surface area contributed by atoms with Gasteiger partial charge in [-0.2, -0.15) is 0 Å². The largest absolute Gasteiger partial charge is 0.372 e. The average Bonchev–Trinajstić information content (AvgIpc) is 2.89. The summed E-state index contributed by atoms with van der Waals surface area (Å²) < 4.78 is 0. The molecule has 1 aromatic carbocycles. The Balaban J connectivity index is 1.96. The van der Waals surface area contributed by atoms with Crippen LogP contribution in [-0.2, 0) is 4.79 Å². The van der Waals surface area contributed by atoms with E-state index >= 15 is 0 Å². The number of rotatable bonds is 4. The third-order valence-electron chi connectivity index (χ3n) is 3.03. The zero-order valence-electron chi connectivity index (χ0n) is 10.8. The molecule has 1 fully saturated rings. The van der Waals surface area contributed by atoms with Gasteiger partial charge in [0.05, 0.1) is 0 Å². The molecule has 0 bridgehead atoms. The molecule has 0 amide bonds. The minimum absolute atomic E-state index is 0.172. The second kappa shape index (κ2) is 6.64. The number of carbonyl (C=O) groups excluding carboxylic acids is 1. The molecule has 0 aliphatic carbocycles. The van der Waals surface area contributed by atoms with Crippen LogP contribution in [0.4, 0.5) is 5.69 Å². The van der Waals surface area contributed by atoms with Crippen molar-refractivity contribution in [2.45, 2.75) is 19.8 Å². The molecule has 2 rings (SSSR count). The Hall–Kier alpha value is -1.22. The molecule has 0 atom stereocenters. The monoisotopic (exact) mass is 261 g/mol. The van der Waals surface area contributed by atoms with Crippen LogP contribution in [0.5, 0.6) is 0 Å². The van der Waals surface area contributed by atoms with Gasteiger partial charge in [0.1, 0.15) is 0 Å². The highest BCUT2D eigenvalue weighted by molar-refractivity contribution is 8.13. The first-order chi connectivity index (χ1) is 8.75. The summed E-state index contributed by atoms with van der Waals surface area (Å²) in [6.07, 6.45) is 6.75. The van der Waals surface area contributed by atoms with E-state index in [0.29, 0.717) is 0 Å². The lowest BCUT2D eigenvalue weighted by Gasteiger charge is -2.17. The lowest BCUT2D eigenvalue weighted by atomic mass is 10.2. The van der Waals surface area contributed by atoms with E-state index in [4.69, 9.17) is 0 Å². The smallest absolute Gasteiger partial charge is 0.186 e. The fourth-order valence-electron chi connectivity index (χ4n) is 2.15. The van der Waals surface area contributed by atoms with Crippen LogP contribution in [0.3, 0.4) is 0 Å². The molecule has 1 saturated heterocycles. The highest BCUT2D eigenvalue weighted by Crippen LogP contribution is 2.21. The molecule has 0 N–H and O–H groups in total. The lowest BCUT2D eigenvalue weighted by molar-refractivity contribution is -0.109. The third kappa shape index (κ3) is 3.91. The van der Waals surface area contributed by atoms with Crippen molar-refractivity contribution in [3.05, 3.63) is 35.9 Å². The summed E-state index contributed by atoms with van der Waals surface area (Å²) in [4.78, 5) is 13.2. The summed E-state index contributed by atoms with van der Waals surface area (Å²) in [7, 11) is 0. The van der Waals surface area contributed by atoms with Crippen molar-refractivity contribution >= 4 is 28.6 Å². The molecule has 0 spiro atoms. The number of hydrogen-bond donors (Lipinski definition) is 0. The standard InChI is InChI=1S/C15H19NOS/c1-13(17)18-11-5-7-14-6-4-8-15(12-14)16-9-2-3-10-16/h4-8,12H,2-3,9-11H2,1H3. The van der Waals surface area contributed by atoms with Gasteiger partial charge >= 0.3 is 0 Å². The first kappa shape index (κ1) is 13.2. The summed E-state index contributed by atoms with van der Waals surface area (Å²) in [6.45, 7) is 3.95. The Morgan fingerprint density at radius 1 is 1.39 bits per heavy atom. The van der Waals surface area contributed by atoms with Crippen LogP contribution in [-0.4, -0.2) is 24.0 Å². The Morgan fingerprint density at radius 3 is 2.89 bits per heavy atom. The number of nitrogens with zero attached hydrogens (tertiary/aromatic N) is 1. The molecule has 96 valence electrons. The average molecular weight is 261 g/mol. The highest BCUT2D eigenvalue weighted by Gasteiger charge is 2.11. The summed E-state index contributed by atoms with van der Waals surface area (Å²) in [5.41, 5.74) is 2.53. The Bertz CT molecular complexity index is 436. The fourth-order valence-corrected chi connectivity index (χ4v) is 2.58. The summed E-state index contributed by atoms with van der Waals surface area (Å²) >= 11 is 1.34. The van der Waals surface area contributed by atoms with Gasteiger partial charge in [-0.25, -0.2) is 0 Å². The van der Waals surface area contributed by atoms with Crippen molar-refractivity contribution in [1.29, 1.82) is 0 Å². The molecule has 0 unspecified atom stereocenters. The van der Waals surface area contributed by atoms with Gasteiger partial charge < -0.3 is 4.90 Å². The van der Waals surface area contributed by atoms with Crippen molar-refractivity contribution in [3.63, 3.8) is 0 Å². The topological polar surface area (TPSA) is 20.3 Å². The van der Waals surface area contributed by atoms with E-state index in [-0.39, 0.29) is 5.12 Å². The Morgan fingerprint density at radius 2 is 2.17 bits per heavy atom. The molecule has 3 heteroatoms. The van der Waals surface area contributed by atoms with Gasteiger partial charge in [-0.3, -0.25) is 4.79 Å². The lowest BCUT2D eigenvalue weighted by Crippen LogP contribution is -2.17. The van der Waals surface area contributed by atoms with Gasteiger partial charge in [-0.1, -0.05) is 36.0 Å². The normalized spacial score (nSPS) is 15.5. The Labute approximate surface area is 113 Å². The molecule has 1 aliphatic heterocycles. The van der Waals surface area contributed by atoms with Crippen LogP contribution in [0.15, 0.2) is 30.3 Å². The fraction of sp³-hybridized carbons (Fsp3) is 0.400. The summed E-state index contributed by atoms with van der Waals surface area (Å²) in [5.74, 6) is 0.753. The van der Waals surface area contributed by atoms with Gasteiger partial charge in [-0.05, 0) is 30.5 Å². The molecule has 0 radical (unpaired) electrons. The number of carbonyl (C=O) groups is 1. The molecule has 2 nitrogen and oxygen atoms in total. The second-order valence-corrected chi connectivity index (χ2v) is 5.69. The van der Waals surface area contributed by atoms with Gasteiger partial charge in [0.25, 0.3) is 0 Å². The number of benzene rings is 1. The SMILES string of the molecule is CC(=O)SCC=Cc1cccc(N2CCCC2)c1. The van der Waals surface area contributed by atoms with E-state index in [1.165, 1.54) is 48.9 Å². The van der Waals surface area contributed by atoms with Crippen LogP contribution < -0.4 is 4.90 Å². The minimum atomic E-state index is 0.172. The van der Waals surface area contributed by atoms with Crippen molar-refractivity contribution < 1.29 is 4.79 Å². The first-order valence-corrected chi connectivity index (χ1v) is 7.39. The Kier molecular flexibility index (Phi) is 4.88. The first-order valence-electron chi connectivity index (χ1n) is 6.40. The van der Waals surface area contributed by atoms with Gasteiger partial charge in [0.2, 0.25) is 0 Å². The zero-order chi connectivity index (χ0) is 12.8. The molecule has 18 heavy (non-hydrogen) atoms. The molecule has 0 saturated carbocycles. The van der Waals surface area contributed by atoms with Gasteiger partial charge in [0.15, 0.2) is 5.12 Å².